The van der Waals surface area contributed by atoms with E-state index in [9.17, 15) is 4.39 Å². The van der Waals surface area contributed by atoms with Gasteiger partial charge in [0.2, 0.25) is 0 Å². The highest BCUT2D eigenvalue weighted by molar-refractivity contribution is 6.30. The van der Waals surface area contributed by atoms with E-state index in [1.165, 1.54) is 6.07 Å². The Morgan fingerprint density at radius 1 is 1.21 bits per heavy atom. The van der Waals surface area contributed by atoms with E-state index in [0.717, 1.165) is 24.9 Å². The van der Waals surface area contributed by atoms with Crippen LogP contribution < -0.4 is 5.32 Å². The maximum Gasteiger partial charge on any atom is 0.126 e. The summed E-state index contributed by atoms with van der Waals surface area (Å²) in [7, 11) is 0. The average molecular weight is 286 g/mol. The van der Waals surface area contributed by atoms with Crippen LogP contribution in [0.5, 0.6) is 0 Å². The van der Waals surface area contributed by atoms with Gasteiger partial charge in [0.15, 0.2) is 0 Å². The highest BCUT2D eigenvalue weighted by Crippen LogP contribution is 2.21. The molecule has 0 aliphatic heterocycles. The summed E-state index contributed by atoms with van der Waals surface area (Å²) >= 11 is 5.95. The molecule has 0 bridgehead atoms. The Hall–Kier alpha value is -0.600. The van der Waals surface area contributed by atoms with Gasteiger partial charge in [0.05, 0.1) is 0 Å². The van der Waals surface area contributed by atoms with E-state index in [-0.39, 0.29) is 5.82 Å². The molecule has 0 fully saturated rings. The molecular formula is C16H25ClFN. The first-order valence-electron chi connectivity index (χ1n) is 7.05. The minimum atomic E-state index is -0.150. The fourth-order valence-electron chi connectivity index (χ4n) is 2.32. The second-order valence-electron chi connectivity index (χ2n) is 6.00. The Balaban J connectivity index is 2.72. The summed E-state index contributed by atoms with van der Waals surface area (Å²) in [6, 6.07) is 5.27. The third-order valence-corrected chi connectivity index (χ3v) is 3.37. The van der Waals surface area contributed by atoms with Gasteiger partial charge in [0.1, 0.15) is 5.82 Å². The van der Waals surface area contributed by atoms with Crippen LogP contribution in [-0.4, -0.2) is 12.6 Å². The fourth-order valence-corrected chi connectivity index (χ4v) is 2.51. The third kappa shape index (κ3) is 6.40. The van der Waals surface area contributed by atoms with Crippen molar-refractivity contribution >= 4 is 11.6 Å². The van der Waals surface area contributed by atoms with Crippen molar-refractivity contribution in [2.24, 2.45) is 11.8 Å². The lowest BCUT2D eigenvalue weighted by Crippen LogP contribution is -2.30. The molecule has 1 N–H and O–H groups in total. The monoisotopic (exact) mass is 285 g/mol. The Morgan fingerprint density at radius 3 is 2.47 bits per heavy atom. The minimum absolute atomic E-state index is 0.150. The van der Waals surface area contributed by atoms with Gasteiger partial charge in [-0.3, -0.25) is 0 Å². The van der Waals surface area contributed by atoms with Crippen LogP contribution in [0.1, 0.15) is 39.7 Å². The average Bonchev–Trinajstić information content (AvgIpc) is 2.30. The standard InChI is InChI=1S/C16H25ClFN/c1-11(2)7-13(10-19-12(3)4)8-14-9-15(17)5-6-16(14)18/h5-6,9,11-13,19H,7-8,10H2,1-4H3. The number of nitrogens with one attached hydrogen (secondary N) is 1. The van der Waals surface area contributed by atoms with E-state index in [1.54, 1.807) is 12.1 Å². The molecular weight excluding hydrogens is 261 g/mol. The molecule has 108 valence electrons. The summed E-state index contributed by atoms with van der Waals surface area (Å²) in [5, 5.41) is 4.06. The first kappa shape index (κ1) is 16.5. The molecule has 1 unspecified atom stereocenters. The molecule has 0 saturated heterocycles. The maximum absolute atomic E-state index is 13.8. The van der Waals surface area contributed by atoms with Crippen molar-refractivity contribution in [1.29, 1.82) is 0 Å². The van der Waals surface area contributed by atoms with Crippen molar-refractivity contribution in [1.82, 2.24) is 5.32 Å². The SMILES string of the molecule is CC(C)CC(CNC(C)C)Cc1cc(Cl)ccc1F. The molecule has 1 aromatic rings. The van der Waals surface area contributed by atoms with E-state index in [2.05, 4.69) is 33.0 Å². The Labute approximate surface area is 121 Å². The highest BCUT2D eigenvalue weighted by Gasteiger charge is 2.15. The van der Waals surface area contributed by atoms with E-state index in [4.69, 9.17) is 11.6 Å². The van der Waals surface area contributed by atoms with Crippen LogP contribution in [0.4, 0.5) is 4.39 Å². The Morgan fingerprint density at radius 2 is 1.89 bits per heavy atom. The zero-order valence-corrected chi connectivity index (χ0v) is 13.1. The van der Waals surface area contributed by atoms with Crippen molar-refractivity contribution in [3.63, 3.8) is 0 Å². The van der Waals surface area contributed by atoms with E-state index < -0.39 is 0 Å². The number of hydrogen-bond donors (Lipinski definition) is 1. The number of rotatable bonds is 7. The van der Waals surface area contributed by atoms with Crippen LogP contribution in [0.2, 0.25) is 5.02 Å². The van der Waals surface area contributed by atoms with Crippen LogP contribution in [0.3, 0.4) is 0 Å². The van der Waals surface area contributed by atoms with Gasteiger partial charge in [-0.15, -0.1) is 0 Å². The molecule has 0 heterocycles. The molecule has 0 spiro atoms. The van der Waals surface area contributed by atoms with Crippen molar-refractivity contribution in [2.45, 2.75) is 46.6 Å². The largest absolute Gasteiger partial charge is 0.314 e. The first-order valence-corrected chi connectivity index (χ1v) is 7.43. The fraction of sp³-hybridized carbons (Fsp3) is 0.625. The summed E-state index contributed by atoms with van der Waals surface area (Å²) in [5.41, 5.74) is 0.726. The predicted octanol–water partition coefficient (Wildman–Crippen LogP) is 4.68. The molecule has 1 aromatic carbocycles. The molecule has 0 aliphatic rings. The molecule has 0 aliphatic carbocycles. The van der Waals surface area contributed by atoms with Crippen LogP contribution in [0.15, 0.2) is 18.2 Å². The smallest absolute Gasteiger partial charge is 0.126 e. The molecule has 0 amide bonds. The summed E-state index contributed by atoms with van der Waals surface area (Å²) in [4.78, 5) is 0. The quantitative estimate of drug-likeness (QED) is 0.767. The maximum atomic E-state index is 13.8. The van der Waals surface area contributed by atoms with Crippen LogP contribution in [0.25, 0.3) is 0 Å². The summed E-state index contributed by atoms with van der Waals surface area (Å²) in [6.45, 7) is 9.59. The molecule has 19 heavy (non-hydrogen) atoms. The Bertz CT molecular complexity index is 390. The van der Waals surface area contributed by atoms with Gasteiger partial charge in [-0.1, -0.05) is 39.3 Å². The number of benzene rings is 1. The minimum Gasteiger partial charge on any atom is -0.314 e. The van der Waals surface area contributed by atoms with Crippen LogP contribution >= 0.6 is 11.6 Å². The van der Waals surface area contributed by atoms with Gasteiger partial charge in [-0.2, -0.15) is 0 Å². The number of hydrogen-bond acceptors (Lipinski definition) is 1. The van der Waals surface area contributed by atoms with Crippen molar-refractivity contribution in [2.75, 3.05) is 6.54 Å². The molecule has 1 atom stereocenters. The second kappa shape index (κ2) is 7.86. The summed E-state index contributed by atoms with van der Waals surface area (Å²) in [6.07, 6.45) is 1.83. The van der Waals surface area contributed by atoms with E-state index >= 15 is 0 Å². The Kier molecular flexibility index (Phi) is 6.81. The summed E-state index contributed by atoms with van der Waals surface area (Å²) < 4.78 is 13.8. The second-order valence-corrected chi connectivity index (χ2v) is 6.43. The van der Waals surface area contributed by atoms with Gasteiger partial charge in [0, 0.05) is 11.1 Å². The van der Waals surface area contributed by atoms with Gasteiger partial charge < -0.3 is 5.32 Å². The van der Waals surface area contributed by atoms with Crippen molar-refractivity contribution in [3.05, 3.63) is 34.6 Å². The molecule has 1 nitrogen and oxygen atoms in total. The lowest BCUT2D eigenvalue weighted by atomic mass is 9.90. The van der Waals surface area contributed by atoms with Gasteiger partial charge in [-0.05, 0) is 55.0 Å². The molecule has 1 rings (SSSR count). The third-order valence-electron chi connectivity index (χ3n) is 3.14. The van der Waals surface area contributed by atoms with Gasteiger partial charge in [0.25, 0.3) is 0 Å². The zero-order valence-electron chi connectivity index (χ0n) is 12.3. The van der Waals surface area contributed by atoms with E-state index in [0.29, 0.717) is 22.9 Å². The van der Waals surface area contributed by atoms with Gasteiger partial charge in [-0.25, -0.2) is 4.39 Å². The van der Waals surface area contributed by atoms with Crippen LogP contribution in [0, 0.1) is 17.7 Å². The van der Waals surface area contributed by atoms with Crippen LogP contribution in [-0.2, 0) is 6.42 Å². The van der Waals surface area contributed by atoms with E-state index in [1.807, 2.05) is 0 Å². The number of halogens is 2. The molecule has 0 radical (unpaired) electrons. The molecule has 0 saturated carbocycles. The van der Waals surface area contributed by atoms with Crippen molar-refractivity contribution < 1.29 is 4.39 Å². The topological polar surface area (TPSA) is 12.0 Å². The molecule has 3 heteroatoms. The van der Waals surface area contributed by atoms with Gasteiger partial charge >= 0.3 is 0 Å². The lowest BCUT2D eigenvalue weighted by Gasteiger charge is -2.21. The summed E-state index contributed by atoms with van der Waals surface area (Å²) in [5.74, 6) is 0.902. The predicted molar refractivity (Wildman–Crippen MR) is 81.2 cm³/mol. The molecule has 0 aromatic heterocycles. The highest BCUT2D eigenvalue weighted by atomic mass is 35.5. The lowest BCUT2D eigenvalue weighted by molar-refractivity contribution is 0.369. The first-order chi connectivity index (χ1) is 8.88. The normalized spacial score (nSPS) is 13.3. The van der Waals surface area contributed by atoms with Crippen molar-refractivity contribution in [3.8, 4) is 0 Å². The zero-order chi connectivity index (χ0) is 14.4.